The third-order valence-electron chi connectivity index (χ3n) is 4.32. The van der Waals surface area contributed by atoms with E-state index in [1.807, 2.05) is 18.2 Å². The molecule has 0 aromatic heterocycles. The third-order valence-corrected chi connectivity index (χ3v) is 4.79. The Morgan fingerprint density at radius 1 is 1.10 bits per heavy atom. The first-order valence-corrected chi connectivity index (χ1v) is 8.04. The molecule has 0 radical (unpaired) electrons. The van der Waals surface area contributed by atoms with Crippen molar-refractivity contribution >= 4 is 11.6 Å². The summed E-state index contributed by atoms with van der Waals surface area (Å²) in [5.74, 6) is 2.39. The average Bonchev–Trinajstić information content (AvgIpc) is 2.52. The minimum absolute atomic E-state index is 0.0664. The molecule has 2 nitrogen and oxygen atoms in total. The van der Waals surface area contributed by atoms with Crippen molar-refractivity contribution in [3.05, 3.63) is 23.8 Å². The van der Waals surface area contributed by atoms with Crippen LogP contribution in [0.1, 0.15) is 55.9 Å². The summed E-state index contributed by atoms with van der Waals surface area (Å²) in [6.07, 6.45) is 9.26. The standard InChI is InChI=1S/C17H25ClO2/c1-19-16-11-9-14(12-17(16)20-2)15(18)10-8-13-6-4-3-5-7-13/h9,11-13,15H,3-8,10H2,1-2H3. The van der Waals surface area contributed by atoms with Crippen molar-refractivity contribution in [3.63, 3.8) is 0 Å². The number of hydrogen-bond donors (Lipinski definition) is 0. The summed E-state index contributed by atoms with van der Waals surface area (Å²) >= 11 is 6.55. The van der Waals surface area contributed by atoms with E-state index in [1.165, 1.54) is 38.5 Å². The maximum atomic E-state index is 6.55. The van der Waals surface area contributed by atoms with Gasteiger partial charge in [-0.25, -0.2) is 0 Å². The smallest absolute Gasteiger partial charge is 0.161 e. The van der Waals surface area contributed by atoms with Gasteiger partial charge in [-0.15, -0.1) is 11.6 Å². The van der Waals surface area contributed by atoms with Crippen LogP contribution in [0, 0.1) is 5.92 Å². The molecule has 0 saturated heterocycles. The predicted molar refractivity (Wildman–Crippen MR) is 83.9 cm³/mol. The third kappa shape index (κ3) is 4.05. The van der Waals surface area contributed by atoms with Crippen LogP contribution in [-0.4, -0.2) is 14.2 Å². The second kappa shape index (κ2) is 7.78. The van der Waals surface area contributed by atoms with Crippen LogP contribution in [0.25, 0.3) is 0 Å². The summed E-state index contributed by atoms with van der Waals surface area (Å²) < 4.78 is 10.6. The highest BCUT2D eigenvalue weighted by atomic mass is 35.5. The Morgan fingerprint density at radius 2 is 1.80 bits per heavy atom. The molecular formula is C17H25ClO2. The molecule has 0 spiro atoms. The number of methoxy groups -OCH3 is 2. The van der Waals surface area contributed by atoms with Gasteiger partial charge in [0.05, 0.1) is 19.6 Å². The average molecular weight is 297 g/mol. The molecule has 0 aliphatic heterocycles. The fourth-order valence-electron chi connectivity index (χ4n) is 3.07. The Labute approximate surface area is 127 Å². The lowest BCUT2D eigenvalue weighted by Crippen LogP contribution is -2.07. The van der Waals surface area contributed by atoms with Gasteiger partial charge in [-0.2, -0.15) is 0 Å². The van der Waals surface area contributed by atoms with Crippen molar-refractivity contribution in [3.8, 4) is 11.5 Å². The lowest BCUT2D eigenvalue weighted by molar-refractivity contribution is 0.331. The van der Waals surface area contributed by atoms with Crippen molar-refractivity contribution < 1.29 is 9.47 Å². The van der Waals surface area contributed by atoms with E-state index in [2.05, 4.69) is 0 Å². The minimum Gasteiger partial charge on any atom is -0.493 e. The molecule has 1 atom stereocenters. The van der Waals surface area contributed by atoms with Crippen LogP contribution in [0.15, 0.2) is 18.2 Å². The SMILES string of the molecule is COc1ccc(C(Cl)CCC2CCCCC2)cc1OC. The first-order chi connectivity index (χ1) is 9.74. The van der Waals surface area contributed by atoms with Crippen molar-refractivity contribution in [1.82, 2.24) is 0 Å². The molecule has 3 heteroatoms. The minimum atomic E-state index is 0.0664. The molecular weight excluding hydrogens is 272 g/mol. The first-order valence-electron chi connectivity index (χ1n) is 7.60. The number of alkyl halides is 1. The summed E-state index contributed by atoms with van der Waals surface area (Å²) in [5, 5.41) is 0.0664. The Balaban J connectivity index is 1.92. The zero-order valence-corrected chi connectivity index (χ0v) is 13.3. The van der Waals surface area contributed by atoms with Crippen molar-refractivity contribution in [2.45, 2.75) is 50.3 Å². The highest BCUT2D eigenvalue weighted by Crippen LogP contribution is 2.36. The lowest BCUT2D eigenvalue weighted by atomic mass is 9.85. The van der Waals surface area contributed by atoms with Crippen LogP contribution in [0.2, 0.25) is 0 Å². The van der Waals surface area contributed by atoms with E-state index in [9.17, 15) is 0 Å². The second-order valence-corrected chi connectivity index (χ2v) is 6.19. The quantitative estimate of drug-likeness (QED) is 0.659. The molecule has 112 valence electrons. The zero-order chi connectivity index (χ0) is 14.4. The van der Waals surface area contributed by atoms with E-state index >= 15 is 0 Å². The van der Waals surface area contributed by atoms with E-state index in [0.29, 0.717) is 0 Å². The Hall–Kier alpha value is -0.890. The molecule has 1 fully saturated rings. The summed E-state index contributed by atoms with van der Waals surface area (Å²) in [7, 11) is 3.31. The van der Waals surface area contributed by atoms with Crippen LogP contribution in [0.4, 0.5) is 0 Å². The van der Waals surface area contributed by atoms with Gasteiger partial charge in [0.2, 0.25) is 0 Å². The Kier molecular flexibility index (Phi) is 6.03. The van der Waals surface area contributed by atoms with E-state index < -0.39 is 0 Å². The van der Waals surface area contributed by atoms with Crippen LogP contribution >= 0.6 is 11.6 Å². The van der Waals surface area contributed by atoms with Gasteiger partial charge in [-0.05, 0) is 36.5 Å². The van der Waals surface area contributed by atoms with Gasteiger partial charge in [0.15, 0.2) is 11.5 Å². The van der Waals surface area contributed by atoms with Gasteiger partial charge in [-0.1, -0.05) is 38.2 Å². The number of rotatable bonds is 6. The molecule has 1 aliphatic rings. The van der Waals surface area contributed by atoms with Gasteiger partial charge in [0.1, 0.15) is 0 Å². The zero-order valence-electron chi connectivity index (χ0n) is 12.5. The number of benzene rings is 1. The highest BCUT2D eigenvalue weighted by molar-refractivity contribution is 6.20. The summed E-state index contributed by atoms with van der Waals surface area (Å²) in [6, 6.07) is 5.97. The summed E-state index contributed by atoms with van der Waals surface area (Å²) in [4.78, 5) is 0. The Morgan fingerprint density at radius 3 is 2.45 bits per heavy atom. The molecule has 0 amide bonds. The summed E-state index contributed by atoms with van der Waals surface area (Å²) in [6.45, 7) is 0. The molecule has 1 aromatic rings. The topological polar surface area (TPSA) is 18.5 Å². The predicted octanol–water partition coefficient (Wildman–Crippen LogP) is 5.34. The first kappa shape index (κ1) is 15.5. The second-order valence-electron chi connectivity index (χ2n) is 5.66. The maximum absolute atomic E-state index is 6.55. The van der Waals surface area contributed by atoms with E-state index in [0.717, 1.165) is 29.4 Å². The molecule has 1 aliphatic carbocycles. The largest absolute Gasteiger partial charge is 0.493 e. The van der Waals surface area contributed by atoms with Crippen molar-refractivity contribution in [1.29, 1.82) is 0 Å². The van der Waals surface area contributed by atoms with Gasteiger partial charge < -0.3 is 9.47 Å². The van der Waals surface area contributed by atoms with Crippen LogP contribution in [-0.2, 0) is 0 Å². The van der Waals surface area contributed by atoms with Gasteiger partial charge in [0.25, 0.3) is 0 Å². The molecule has 0 heterocycles. The maximum Gasteiger partial charge on any atom is 0.161 e. The molecule has 1 unspecified atom stereocenters. The van der Waals surface area contributed by atoms with Crippen LogP contribution in [0.3, 0.4) is 0 Å². The van der Waals surface area contributed by atoms with Gasteiger partial charge in [0, 0.05) is 0 Å². The normalized spacial score (nSPS) is 17.8. The van der Waals surface area contributed by atoms with Gasteiger partial charge >= 0.3 is 0 Å². The summed E-state index contributed by atoms with van der Waals surface area (Å²) in [5.41, 5.74) is 1.13. The Bertz CT molecular complexity index is 413. The fraction of sp³-hybridized carbons (Fsp3) is 0.647. The van der Waals surface area contributed by atoms with E-state index in [-0.39, 0.29) is 5.38 Å². The lowest BCUT2D eigenvalue weighted by Gasteiger charge is -2.22. The van der Waals surface area contributed by atoms with E-state index in [1.54, 1.807) is 14.2 Å². The number of halogens is 1. The fourth-order valence-corrected chi connectivity index (χ4v) is 3.33. The van der Waals surface area contributed by atoms with Crippen LogP contribution in [0.5, 0.6) is 11.5 Å². The van der Waals surface area contributed by atoms with Crippen molar-refractivity contribution in [2.24, 2.45) is 5.92 Å². The molecule has 0 N–H and O–H groups in total. The molecule has 20 heavy (non-hydrogen) atoms. The van der Waals surface area contributed by atoms with Gasteiger partial charge in [-0.3, -0.25) is 0 Å². The highest BCUT2D eigenvalue weighted by Gasteiger charge is 2.17. The molecule has 1 saturated carbocycles. The molecule has 1 aromatic carbocycles. The monoisotopic (exact) mass is 296 g/mol. The number of ether oxygens (including phenoxy) is 2. The number of hydrogen-bond acceptors (Lipinski definition) is 2. The molecule has 0 bridgehead atoms. The van der Waals surface area contributed by atoms with Crippen molar-refractivity contribution in [2.75, 3.05) is 14.2 Å². The van der Waals surface area contributed by atoms with Crippen LogP contribution < -0.4 is 9.47 Å². The van der Waals surface area contributed by atoms with E-state index in [4.69, 9.17) is 21.1 Å². The molecule has 2 rings (SSSR count).